The molecular formula is C27H39N3O2. The molecule has 8 unspecified atom stereocenters. The van der Waals surface area contributed by atoms with Crippen LogP contribution < -0.4 is 0 Å². The molecule has 0 spiro atoms. The first-order chi connectivity index (χ1) is 15.5. The fourth-order valence-electron chi connectivity index (χ4n) is 8.69. The minimum Gasteiger partial charge on any atom is -0.381 e. The van der Waals surface area contributed by atoms with Gasteiger partial charge in [-0.1, -0.05) is 6.92 Å². The molecule has 4 saturated carbocycles. The summed E-state index contributed by atoms with van der Waals surface area (Å²) < 4.78 is 7.42. The molecule has 32 heavy (non-hydrogen) atoms. The van der Waals surface area contributed by atoms with Crippen LogP contribution in [0, 0.1) is 58.2 Å². The van der Waals surface area contributed by atoms with Crippen molar-refractivity contribution < 1.29 is 9.53 Å². The van der Waals surface area contributed by atoms with Gasteiger partial charge in [-0.05, 0) is 106 Å². The Morgan fingerprint density at radius 3 is 2.81 bits per heavy atom. The zero-order valence-electron chi connectivity index (χ0n) is 19.8. The molecule has 1 heterocycles. The highest BCUT2D eigenvalue weighted by molar-refractivity contribution is 5.82. The molecule has 5 heteroatoms. The Kier molecular flexibility index (Phi) is 6.18. The van der Waals surface area contributed by atoms with Crippen LogP contribution in [-0.2, 0) is 16.1 Å². The fourth-order valence-corrected chi connectivity index (χ4v) is 8.69. The maximum atomic E-state index is 13.3. The van der Waals surface area contributed by atoms with E-state index in [0.717, 1.165) is 49.2 Å². The quantitative estimate of drug-likeness (QED) is 0.610. The van der Waals surface area contributed by atoms with Gasteiger partial charge in [0.05, 0.1) is 18.3 Å². The summed E-state index contributed by atoms with van der Waals surface area (Å²) in [6.07, 6.45) is 14.9. The molecule has 8 atom stereocenters. The molecule has 1 aromatic heterocycles. The number of Topliss-reactive ketones (excluding diaryl/α,β-unsaturated/α-hetero) is 1. The third-order valence-corrected chi connectivity index (χ3v) is 10.1. The molecule has 4 aliphatic carbocycles. The first-order valence-corrected chi connectivity index (χ1v) is 13.1. The van der Waals surface area contributed by atoms with Crippen molar-refractivity contribution in [3.8, 4) is 6.07 Å². The molecule has 0 saturated heterocycles. The van der Waals surface area contributed by atoms with E-state index in [-0.39, 0.29) is 11.3 Å². The maximum absolute atomic E-state index is 13.3. The van der Waals surface area contributed by atoms with Crippen molar-refractivity contribution in [3.05, 3.63) is 18.0 Å². The molecule has 0 radical (unpaired) electrons. The molecule has 5 nitrogen and oxygen atoms in total. The van der Waals surface area contributed by atoms with Gasteiger partial charge in [-0.25, -0.2) is 0 Å². The van der Waals surface area contributed by atoms with Crippen LogP contribution >= 0.6 is 0 Å². The molecule has 0 N–H and O–H groups in total. The van der Waals surface area contributed by atoms with Crippen LogP contribution in [0.3, 0.4) is 0 Å². The Hall–Kier alpha value is -1.67. The lowest BCUT2D eigenvalue weighted by Gasteiger charge is -2.56. The zero-order chi connectivity index (χ0) is 22.3. The molecule has 174 valence electrons. The third-order valence-electron chi connectivity index (χ3n) is 10.1. The average Bonchev–Trinajstić information content (AvgIpc) is 3.40. The van der Waals surface area contributed by atoms with E-state index in [0.29, 0.717) is 23.8 Å². The Balaban J connectivity index is 1.25. The topological polar surface area (TPSA) is 67.9 Å². The minimum atomic E-state index is 0.155. The summed E-state index contributed by atoms with van der Waals surface area (Å²) in [5, 5.41) is 13.3. The van der Waals surface area contributed by atoms with Gasteiger partial charge in [-0.2, -0.15) is 10.4 Å². The number of aromatic nitrogens is 2. The number of nitriles is 1. The van der Waals surface area contributed by atoms with Gasteiger partial charge in [-0.15, -0.1) is 0 Å². The van der Waals surface area contributed by atoms with E-state index in [2.05, 4.69) is 25.0 Å². The van der Waals surface area contributed by atoms with Gasteiger partial charge in [0.1, 0.15) is 6.07 Å². The van der Waals surface area contributed by atoms with E-state index in [4.69, 9.17) is 10.00 Å². The average molecular weight is 438 g/mol. The van der Waals surface area contributed by atoms with Gasteiger partial charge < -0.3 is 4.74 Å². The van der Waals surface area contributed by atoms with Crippen molar-refractivity contribution in [1.82, 2.24) is 9.78 Å². The summed E-state index contributed by atoms with van der Waals surface area (Å²) in [6, 6.07) is 2.11. The Labute approximate surface area is 192 Å². The number of hydrogen-bond acceptors (Lipinski definition) is 4. The van der Waals surface area contributed by atoms with E-state index in [1.807, 2.05) is 0 Å². The van der Waals surface area contributed by atoms with Gasteiger partial charge in [0.15, 0.2) is 5.78 Å². The zero-order valence-corrected chi connectivity index (χ0v) is 19.8. The summed E-state index contributed by atoms with van der Waals surface area (Å²) in [6.45, 7) is 6.65. The molecule has 5 rings (SSSR count). The predicted octanol–water partition coefficient (Wildman–Crippen LogP) is 5.25. The van der Waals surface area contributed by atoms with Gasteiger partial charge in [0, 0.05) is 25.3 Å². The standard InChI is InChI=1S/C27H39N3O2/c1-3-32-17-18-4-6-21-20(12-18)5-7-23-22(21)10-11-27(2)24(23)8-9-25(27)26(31)16-30-15-19(13-28)14-29-30/h14-15,18,20-25H,3-12,16-17H2,1-2H3. The number of ketones is 1. The van der Waals surface area contributed by atoms with Crippen molar-refractivity contribution in [2.45, 2.75) is 78.2 Å². The van der Waals surface area contributed by atoms with E-state index in [9.17, 15) is 4.79 Å². The highest BCUT2D eigenvalue weighted by atomic mass is 16.5. The highest BCUT2D eigenvalue weighted by Crippen LogP contribution is 2.64. The van der Waals surface area contributed by atoms with Crippen LogP contribution in [0.2, 0.25) is 0 Å². The number of ether oxygens (including phenoxy) is 1. The maximum Gasteiger partial charge on any atom is 0.157 e. The second-order valence-corrected chi connectivity index (χ2v) is 11.5. The molecule has 4 fully saturated rings. The minimum absolute atomic E-state index is 0.155. The summed E-state index contributed by atoms with van der Waals surface area (Å²) in [5.41, 5.74) is 0.684. The van der Waals surface area contributed by atoms with Crippen molar-refractivity contribution >= 4 is 5.78 Å². The van der Waals surface area contributed by atoms with Crippen LogP contribution in [0.5, 0.6) is 0 Å². The first kappa shape index (κ1) is 22.1. The Morgan fingerprint density at radius 1 is 1.19 bits per heavy atom. The summed E-state index contributed by atoms with van der Waals surface area (Å²) in [5.74, 6) is 5.51. The molecular weight excluding hydrogens is 398 g/mol. The number of carbonyl (C=O) groups is 1. The van der Waals surface area contributed by atoms with Crippen LogP contribution in [-0.4, -0.2) is 28.8 Å². The number of nitrogens with zero attached hydrogens (tertiary/aromatic N) is 3. The highest BCUT2D eigenvalue weighted by Gasteiger charge is 2.58. The Morgan fingerprint density at radius 2 is 2.03 bits per heavy atom. The fraction of sp³-hybridized carbons (Fsp3) is 0.815. The second-order valence-electron chi connectivity index (χ2n) is 11.5. The predicted molar refractivity (Wildman–Crippen MR) is 123 cm³/mol. The summed E-state index contributed by atoms with van der Waals surface area (Å²) in [4.78, 5) is 13.3. The lowest BCUT2D eigenvalue weighted by atomic mass is 9.49. The van der Waals surface area contributed by atoms with Gasteiger partial charge in [0.25, 0.3) is 0 Å². The first-order valence-electron chi connectivity index (χ1n) is 13.1. The third kappa shape index (κ3) is 3.83. The van der Waals surface area contributed by atoms with Gasteiger partial charge >= 0.3 is 0 Å². The van der Waals surface area contributed by atoms with E-state index < -0.39 is 0 Å². The molecule has 4 aliphatic rings. The number of fused-ring (bicyclic) bond motifs is 5. The van der Waals surface area contributed by atoms with Crippen LogP contribution in [0.15, 0.2) is 12.4 Å². The van der Waals surface area contributed by atoms with E-state index >= 15 is 0 Å². The van der Waals surface area contributed by atoms with Crippen molar-refractivity contribution in [2.24, 2.45) is 46.8 Å². The number of rotatable bonds is 6. The van der Waals surface area contributed by atoms with Crippen molar-refractivity contribution in [1.29, 1.82) is 5.26 Å². The molecule has 0 aliphatic heterocycles. The van der Waals surface area contributed by atoms with Gasteiger partial charge in [0.2, 0.25) is 0 Å². The summed E-state index contributed by atoms with van der Waals surface area (Å²) >= 11 is 0. The van der Waals surface area contributed by atoms with Crippen LogP contribution in [0.1, 0.15) is 77.2 Å². The molecule has 0 aromatic carbocycles. The SMILES string of the molecule is CCOCC1CCC2C(CCC3C2CCC2(C)C(C(=O)Cn4cc(C#N)cn4)CCC32)C1. The largest absolute Gasteiger partial charge is 0.381 e. The number of carbonyl (C=O) groups excluding carboxylic acids is 1. The smallest absolute Gasteiger partial charge is 0.157 e. The molecule has 1 aromatic rings. The van der Waals surface area contributed by atoms with Crippen molar-refractivity contribution in [3.63, 3.8) is 0 Å². The normalized spacial score (nSPS) is 40.7. The second kappa shape index (κ2) is 8.93. The monoisotopic (exact) mass is 437 g/mol. The van der Waals surface area contributed by atoms with E-state index in [1.54, 1.807) is 17.1 Å². The van der Waals surface area contributed by atoms with Crippen molar-refractivity contribution in [2.75, 3.05) is 13.2 Å². The summed E-state index contributed by atoms with van der Waals surface area (Å²) in [7, 11) is 0. The van der Waals surface area contributed by atoms with E-state index in [1.165, 1.54) is 51.4 Å². The van der Waals surface area contributed by atoms with Crippen LogP contribution in [0.25, 0.3) is 0 Å². The molecule has 0 amide bonds. The Bertz CT molecular complexity index is 872. The van der Waals surface area contributed by atoms with Gasteiger partial charge in [-0.3, -0.25) is 9.48 Å². The van der Waals surface area contributed by atoms with Crippen LogP contribution in [0.4, 0.5) is 0 Å². The molecule has 0 bridgehead atoms. The lowest BCUT2D eigenvalue weighted by molar-refractivity contribution is -0.131. The number of hydrogen-bond donors (Lipinski definition) is 0. The lowest BCUT2D eigenvalue weighted by Crippen LogP contribution is -2.49.